The van der Waals surface area contributed by atoms with Crippen molar-refractivity contribution in [2.45, 2.75) is 31.8 Å². The zero-order valence-corrected chi connectivity index (χ0v) is 14.4. The first-order chi connectivity index (χ1) is 12.7. The third kappa shape index (κ3) is 3.23. The Balaban J connectivity index is 1.75. The van der Waals surface area contributed by atoms with Gasteiger partial charge in [-0.2, -0.15) is 0 Å². The second kappa shape index (κ2) is 7.08. The molecular formula is C22H19NO3. The van der Waals surface area contributed by atoms with Crippen LogP contribution in [0.2, 0.25) is 0 Å². The fourth-order valence-electron chi connectivity index (χ4n) is 3.37. The summed E-state index contributed by atoms with van der Waals surface area (Å²) in [5, 5.41) is 0.737. The van der Waals surface area contributed by atoms with Crippen molar-refractivity contribution in [2.75, 3.05) is 0 Å². The number of nitrogens with zero attached hydrogens (tertiary/aromatic N) is 1. The van der Waals surface area contributed by atoms with Gasteiger partial charge in [0, 0.05) is 17.4 Å². The Morgan fingerprint density at radius 2 is 1.77 bits per heavy atom. The summed E-state index contributed by atoms with van der Waals surface area (Å²) in [5.41, 5.74) is 2.83. The predicted octanol–water partition coefficient (Wildman–Crippen LogP) is 4.57. The van der Waals surface area contributed by atoms with Crippen molar-refractivity contribution in [3.63, 3.8) is 0 Å². The lowest BCUT2D eigenvalue weighted by Crippen LogP contribution is -2.30. The topological polar surface area (TPSA) is 56.3 Å². The number of Topliss-reactive ketones (excluding diaryl/α,β-unsaturated/α-hetero) is 1. The molecule has 0 saturated heterocycles. The van der Waals surface area contributed by atoms with E-state index in [4.69, 9.17) is 4.74 Å². The number of pyridine rings is 1. The van der Waals surface area contributed by atoms with E-state index >= 15 is 0 Å². The SMILES string of the molecule is O=C(O[C@H]1CCCCC1=O)c1cc(-c2ccccc2)nc2ccccc12. The Morgan fingerprint density at radius 1 is 1.00 bits per heavy atom. The number of esters is 1. The molecule has 26 heavy (non-hydrogen) atoms. The highest BCUT2D eigenvalue weighted by Gasteiger charge is 2.27. The van der Waals surface area contributed by atoms with Crippen LogP contribution in [0.25, 0.3) is 22.2 Å². The zero-order valence-electron chi connectivity index (χ0n) is 14.4. The molecular weight excluding hydrogens is 326 g/mol. The number of benzene rings is 2. The van der Waals surface area contributed by atoms with Gasteiger partial charge in [-0.25, -0.2) is 9.78 Å². The highest BCUT2D eigenvalue weighted by Crippen LogP contribution is 2.26. The third-order valence-corrected chi connectivity index (χ3v) is 4.75. The van der Waals surface area contributed by atoms with Crippen molar-refractivity contribution in [3.05, 3.63) is 66.2 Å². The van der Waals surface area contributed by atoms with Crippen LogP contribution in [0.4, 0.5) is 0 Å². The fourth-order valence-corrected chi connectivity index (χ4v) is 3.37. The Morgan fingerprint density at radius 3 is 2.58 bits per heavy atom. The number of carbonyl (C=O) groups is 2. The van der Waals surface area contributed by atoms with Crippen LogP contribution in [-0.2, 0) is 9.53 Å². The van der Waals surface area contributed by atoms with Gasteiger partial charge >= 0.3 is 5.97 Å². The Hall–Kier alpha value is -3.01. The van der Waals surface area contributed by atoms with E-state index in [2.05, 4.69) is 4.98 Å². The van der Waals surface area contributed by atoms with Gasteiger partial charge in [-0.05, 0) is 31.4 Å². The van der Waals surface area contributed by atoms with Crippen LogP contribution in [0, 0.1) is 0 Å². The lowest BCUT2D eigenvalue weighted by Gasteiger charge is -2.21. The van der Waals surface area contributed by atoms with Gasteiger partial charge < -0.3 is 4.74 Å². The summed E-state index contributed by atoms with van der Waals surface area (Å²) in [6.07, 6.45) is 2.27. The fraction of sp³-hybridized carbons (Fsp3) is 0.227. The first kappa shape index (κ1) is 16.5. The van der Waals surface area contributed by atoms with Crippen LogP contribution in [0.5, 0.6) is 0 Å². The average molecular weight is 345 g/mol. The van der Waals surface area contributed by atoms with Crippen LogP contribution in [-0.4, -0.2) is 22.8 Å². The van der Waals surface area contributed by atoms with Crippen LogP contribution in [0.3, 0.4) is 0 Å². The molecule has 1 aliphatic carbocycles. The van der Waals surface area contributed by atoms with Crippen molar-refractivity contribution in [3.8, 4) is 11.3 Å². The van der Waals surface area contributed by atoms with E-state index in [1.807, 2.05) is 54.6 Å². The Bertz CT molecular complexity index is 966. The van der Waals surface area contributed by atoms with Crippen molar-refractivity contribution in [1.82, 2.24) is 4.98 Å². The number of hydrogen-bond acceptors (Lipinski definition) is 4. The van der Waals surface area contributed by atoms with Crippen molar-refractivity contribution in [1.29, 1.82) is 0 Å². The number of hydrogen-bond donors (Lipinski definition) is 0. The lowest BCUT2D eigenvalue weighted by atomic mass is 9.96. The minimum Gasteiger partial charge on any atom is -0.451 e. The summed E-state index contributed by atoms with van der Waals surface area (Å²) in [5.74, 6) is -0.438. The van der Waals surface area contributed by atoms with E-state index in [0.29, 0.717) is 24.1 Å². The second-order valence-electron chi connectivity index (χ2n) is 6.54. The van der Waals surface area contributed by atoms with Gasteiger partial charge in [0.1, 0.15) is 0 Å². The number of ketones is 1. The maximum atomic E-state index is 12.9. The molecule has 4 heteroatoms. The summed E-state index contributed by atoms with van der Waals surface area (Å²) in [7, 11) is 0. The highest BCUT2D eigenvalue weighted by atomic mass is 16.5. The van der Waals surface area contributed by atoms with E-state index in [1.165, 1.54) is 0 Å². The van der Waals surface area contributed by atoms with Crippen LogP contribution in [0.1, 0.15) is 36.0 Å². The molecule has 0 N–H and O–H groups in total. The molecule has 0 aliphatic heterocycles. The monoisotopic (exact) mass is 345 g/mol. The Labute approximate surface area is 151 Å². The smallest absolute Gasteiger partial charge is 0.339 e. The van der Waals surface area contributed by atoms with Gasteiger partial charge in [-0.3, -0.25) is 4.79 Å². The molecule has 1 saturated carbocycles. The summed E-state index contributed by atoms with van der Waals surface area (Å²) in [6, 6.07) is 19.0. The van der Waals surface area contributed by atoms with E-state index in [0.717, 1.165) is 29.3 Å². The normalized spacial score (nSPS) is 17.2. The third-order valence-electron chi connectivity index (χ3n) is 4.75. The number of fused-ring (bicyclic) bond motifs is 1. The molecule has 0 spiro atoms. The first-order valence-corrected chi connectivity index (χ1v) is 8.91. The molecule has 4 nitrogen and oxygen atoms in total. The minimum absolute atomic E-state index is 0.0197. The largest absolute Gasteiger partial charge is 0.451 e. The Kier molecular flexibility index (Phi) is 4.48. The van der Waals surface area contributed by atoms with E-state index in [-0.39, 0.29) is 5.78 Å². The van der Waals surface area contributed by atoms with Gasteiger partial charge in [-0.15, -0.1) is 0 Å². The van der Waals surface area contributed by atoms with E-state index < -0.39 is 12.1 Å². The summed E-state index contributed by atoms with van der Waals surface area (Å²) < 4.78 is 5.57. The standard InChI is InChI=1S/C22H19NO3/c24-20-12-6-7-13-21(20)26-22(25)17-14-19(15-8-2-1-3-9-15)23-18-11-5-4-10-16(17)18/h1-5,8-11,14,21H,6-7,12-13H2/t21-/m0/s1. The number of rotatable bonds is 3. The first-order valence-electron chi connectivity index (χ1n) is 8.91. The summed E-state index contributed by atoms with van der Waals surface area (Å²) >= 11 is 0. The molecule has 130 valence electrons. The molecule has 1 heterocycles. The number of para-hydroxylation sites is 1. The molecule has 0 bridgehead atoms. The molecule has 1 atom stereocenters. The van der Waals surface area contributed by atoms with Gasteiger partial charge in [-0.1, -0.05) is 48.5 Å². The number of carbonyl (C=O) groups excluding carboxylic acids is 2. The van der Waals surface area contributed by atoms with Crippen molar-refractivity contribution in [2.24, 2.45) is 0 Å². The van der Waals surface area contributed by atoms with Crippen LogP contribution < -0.4 is 0 Å². The maximum absolute atomic E-state index is 12.9. The zero-order chi connectivity index (χ0) is 17.9. The molecule has 3 aromatic rings. The van der Waals surface area contributed by atoms with Gasteiger partial charge in [0.15, 0.2) is 11.9 Å². The van der Waals surface area contributed by atoms with Gasteiger partial charge in [0.25, 0.3) is 0 Å². The molecule has 1 aromatic heterocycles. The van der Waals surface area contributed by atoms with Gasteiger partial charge in [0.05, 0.1) is 16.8 Å². The second-order valence-corrected chi connectivity index (χ2v) is 6.54. The molecule has 0 amide bonds. The summed E-state index contributed by atoms with van der Waals surface area (Å²) in [4.78, 5) is 29.6. The minimum atomic E-state index is -0.622. The molecule has 4 rings (SSSR count). The van der Waals surface area contributed by atoms with E-state index in [1.54, 1.807) is 6.07 Å². The van der Waals surface area contributed by atoms with Gasteiger partial charge in [0.2, 0.25) is 0 Å². The van der Waals surface area contributed by atoms with Crippen molar-refractivity contribution < 1.29 is 14.3 Å². The molecule has 0 radical (unpaired) electrons. The number of ether oxygens (including phenoxy) is 1. The van der Waals surface area contributed by atoms with Crippen molar-refractivity contribution >= 4 is 22.7 Å². The summed E-state index contributed by atoms with van der Waals surface area (Å²) in [6.45, 7) is 0. The quantitative estimate of drug-likeness (QED) is 0.653. The number of aromatic nitrogens is 1. The van der Waals surface area contributed by atoms with Crippen LogP contribution >= 0.6 is 0 Å². The lowest BCUT2D eigenvalue weighted by molar-refractivity contribution is -0.129. The predicted molar refractivity (Wildman–Crippen MR) is 99.9 cm³/mol. The maximum Gasteiger partial charge on any atom is 0.339 e. The highest BCUT2D eigenvalue weighted by molar-refractivity contribution is 6.05. The molecule has 1 aliphatic rings. The molecule has 1 fully saturated rings. The molecule has 2 aromatic carbocycles. The molecule has 0 unspecified atom stereocenters. The van der Waals surface area contributed by atoms with E-state index in [9.17, 15) is 9.59 Å². The van der Waals surface area contributed by atoms with Crippen LogP contribution in [0.15, 0.2) is 60.7 Å². The average Bonchev–Trinajstić information content (AvgIpc) is 2.69.